The van der Waals surface area contributed by atoms with Gasteiger partial charge in [0.1, 0.15) is 0 Å². The number of alkyl halides is 3. The maximum atomic E-state index is 13.0. The van der Waals surface area contributed by atoms with Crippen LogP contribution in [0.1, 0.15) is 19.4 Å². The molecule has 0 saturated carbocycles. The summed E-state index contributed by atoms with van der Waals surface area (Å²) in [4.78, 5) is 11.4. The molecule has 1 aromatic carbocycles. The van der Waals surface area contributed by atoms with E-state index in [1.807, 2.05) is 0 Å². The first-order valence-electron chi connectivity index (χ1n) is 6.02. The van der Waals surface area contributed by atoms with E-state index in [1.54, 1.807) is 13.8 Å². The van der Waals surface area contributed by atoms with E-state index in [1.165, 1.54) is 18.2 Å². The first kappa shape index (κ1) is 15.5. The summed E-state index contributed by atoms with van der Waals surface area (Å²) in [6.07, 6.45) is -4.76. The number of rotatable bonds is 3. The summed E-state index contributed by atoms with van der Waals surface area (Å²) in [6.45, 7) is 3.47. The molecule has 1 heterocycles. The van der Waals surface area contributed by atoms with Crippen molar-refractivity contribution in [3.8, 4) is 17.4 Å². The molecule has 0 aliphatic heterocycles. The van der Waals surface area contributed by atoms with Crippen LogP contribution in [0, 0.1) is 0 Å². The van der Waals surface area contributed by atoms with Crippen LogP contribution in [0.5, 0.6) is 6.01 Å². The second-order valence-electron chi connectivity index (χ2n) is 4.42. The van der Waals surface area contributed by atoms with Crippen LogP contribution in [-0.4, -0.2) is 21.1 Å². The molecule has 0 bridgehead atoms. The minimum absolute atomic E-state index is 0.114. The van der Waals surface area contributed by atoms with Crippen molar-refractivity contribution in [2.24, 2.45) is 0 Å². The number of hydrogen-bond donors (Lipinski definition) is 0. The van der Waals surface area contributed by atoms with Crippen molar-refractivity contribution in [1.82, 2.24) is 15.0 Å². The Labute approximate surface area is 124 Å². The topological polar surface area (TPSA) is 47.9 Å². The second kappa shape index (κ2) is 5.85. The van der Waals surface area contributed by atoms with E-state index in [9.17, 15) is 13.2 Å². The van der Waals surface area contributed by atoms with Gasteiger partial charge in [-0.25, -0.2) is 0 Å². The molecule has 0 aliphatic carbocycles. The number of hydrogen-bond acceptors (Lipinski definition) is 4. The number of benzene rings is 1. The molecule has 0 amide bonds. The fourth-order valence-electron chi connectivity index (χ4n) is 1.64. The number of ether oxygens (including phenoxy) is 1. The van der Waals surface area contributed by atoms with Gasteiger partial charge < -0.3 is 4.74 Å². The molecular formula is C13H11ClF3N3O. The maximum absolute atomic E-state index is 13.0. The van der Waals surface area contributed by atoms with Gasteiger partial charge in [0, 0.05) is 5.56 Å². The Hall–Kier alpha value is -1.89. The summed E-state index contributed by atoms with van der Waals surface area (Å²) in [5, 5.41) is -0.229. The number of halogens is 4. The molecule has 0 unspecified atom stereocenters. The molecule has 1 aromatic heterocycles. The minimum atomic E-state index is -4.52. The summed E-state index contributed by atoms with van der Waals surface area (Å²) in [5.41, 5.74) is -1.02. The second-order valence-corrected chi connectivity index (χ2v) is 4.76. The van der Waals surface area contributed by atoms with E-state index < -0.39 is 11.7 Å². The van der Waals surface area contributed by atoms with Gasteiger partial charge in [-0.05, 0) is 31.5 Å². The molecule has 0 spiro atoms. The molecule has 21 heavy (non-hydrogen) atoms. The van der Waals surface area contributed by atoms with Crippen LogP contribution in [0.2, 0.25) is 5.28 Å². The molecule has 2 aromatic rings. The lowest BCUT2D eigenvalue weighted by molar-refractivity contribution is -0.137. The number of nitrogens with zero attached hydrogens (tertiary/aromatic N) is 3. The fraction of sp³-hybridized carbons (Fsp3) is 0.308. The van der Waals surface area contributed by atoms with Crippen molar-refractivity contribution < 1.29 is 17.9 Å². The Morgan fingerprint density at radius 2 is 1.76 bits per heavy atom. The predicted octanol–water partition coefficient (Wildman–Crippen LogP) is 4.00. The Morgan fingerprint density at radius 1 is 1.10 bits per heavy atom. The van der Waals surface area contributed by atoms with Gasteiger partial charge in [-0.1, -0.05) is 18.2 Å². The summed E-state index contributed by atoms with van der Waals surface area (Å²) >= 11 is 5.73. The van der Waals surface area contributed by atoms with Gasteiger partial charge in [-0.15, -0.1) is 0 Å². The summed E-state index contributed by atoms with van der Waals surface area (Å²) in [5.74, 6) is -0.182. The zero-order chi connectivity index (χ0) is 15.6. The summed E-state index contributed by atoms with van der Waals surface area (Å²) < 4.78 is 44.3. The van der Waals surface area contributed by atoms with Crippen LogP contribution < -0.4 is 4.74 Å². The average molecular weight is 318 g/mol. The van der Waals surface area contributed by atoms with Crippen molar-refractivity contribution in [3.63, 3.8) is 0 Å². The molecule has 2 rings (SSSR count). The molecule has 0 atom stereocenters. The molecular weight excluding hydrogens is 307 g/mol. The van der Waals surface area contributed by atoms with Crippen molar-refractivity contribution >= 4 is 11.6 Å². The monoisotopic (exact) mass is 317 g/mol. The van der Waals surface area contributed by atoms with E-state index in [0.29, 0.717) is 0 Å². The van der Waals surface area contributed by atoms with Gasteiger partial charge >= 0.3 is 12.2 Å². The first-order valence-corrected chi connectivity index (χ1v) is 6.40. The Morgan fingerprint density at radius 3 is 2.38 bits per heavy atom. The first-order chi connectivity index (χ1) is 9.77. The van der Waals surface area contributed by atoms with Gasteiger partial charge in [0.2, 0.25) is 5.28 Å². The standard InChI is InChI=1S/C13H11ClF3N3O/c1-7(2)21-12-19-10(18-11(14)20-12)8-5-3-4-6-9(8)13(15,16)17/h3-7H,1-2H3. The van der Waals surface area contributed by atoms with Crippen molar-refractivity contribution in [2.45, 2.75) is 26.1 Å². The zero-order valence-electron chi connectivity index (χ0n) is 11.1. The van der Waals surface area contributed by atoms with E-state index >= 15 is 0 Å². The lowest BCUT2D eigenvalue weighted by atomic mass is 10.1. The van der Waals surface area contributed by atoms with E-state index in [4.69, 9.17) is 16.3 Å². The highest BCUT2D eigenvalue weighted by atomic mass is 35.5. The van der Waals surface area contributed by atoms with Crippen molar-refractivity contribution in [2.75, 3.05) is 0 Å². The van der Waals surface area contributed by atoms with Crippen LogP contribution in [0.15, 0.2) is 24.3 Å². The lowest BCUT2D eigenvalue weighted by Crippen LogP contribution is -2.11. The van der Waals surface area contributed by atoms with Crippen molar-refractivity contribution in [1.29, 1.82) is 0 Å². The quantitative estimate of drug-likeness (QED) is 0.858. The highest BCUT2D eigenvalue weighted by Crippen LogP contribution is 2.36. The molecule has 0 aliphatic rings. The van der Waals surface area contributed by atoms with Crippen LogP contribution in [-0.2, 0) is 6.18 Å². The van der Waals surface area contributed by atoms with E-state index in [-0.39, 0.29) is 28.8 Å². The molecule has 4 nitrogen and oxygen atoms in total. The SMILES string of the molecule is CC(C)Oc1nc(Cl)nc(-c2ccccc2C(F)(F)F)n1. The highest BCUT2D eigenvalue weighted by Gasteiger charge is 2.34. The lowest BCUT2D eigenvalue weighted by Gasteiger charge is -2.13. The maximum Gasteiger partial charge on any atom is 0.417 e. The minimum Gasteiger partial charge on any atom is -0.461 e. The van der Waals surface area contributed by atoms with Gasteiger partial charge in [0.05, 0.1) is 11.7 Å². The zero-order valence-corrected chi connectivity index (χ0v) is 11.9. The van der Waals surface area contributed by atoms with Crippen LogP contribution in [0.4, 0.5) is 13.2 Å². The average Bonchev–Trinajstić information content (AvgIpc) is 2.36. The Kier molecular flexibility index (Phi) is 4.32. The predicted molar refractivity (Wildman–Crippen MR) is 71.0 cm³/mol. The molecule has 0 saturated heterocycles. The fourth-order valence-corrected chi connectivity index (χ4v) is 1.79. The summed E-state index contributed by atoms with van der Waals surface area (Å²) in [7, 11) is 0. The Bertz CT molecular complexity index is 647. The van der Waals surface area contributed by atoms with Gasteiger partial charge in [-0.3, -0.25) is 0 Å². The highest BCUT2D eigenvalue weighted by molar-refractivity contribution is 6.28. The largest absolute Gasteiger partial charge is 0.461 e. The van der Waals surface area contributed by atoms with Crippen LogP contribution >= 0.6 is 11.6 Å². The number of aromatic nitrogens is 3. The molecule has 0 fully saturated rings. The molecule has 8 heteroatoms. The van der Waals surface area contributed by atoms with E-state index in [2.05, 4.69) is 15.0 Å². The van der Waals surface area contributed by atoms with Gasteiger partial charge in [-0.2, -0.15) is 28.1 Å². The molecule has 0 radical (unpaired) electrons. The third-order valence-electron chi connectivity index (χ3n) is 2.40. The Balaban J connectivity index is 2.55. The third kappa shape index (κ3) is 3.81. The molecule has 0 N–H and O–H groups in total. The van der Waals surface area contributed by atoms with E-state index in [0.717, 1.165) is 6.07 Å². The van der Waals surface area contributed by atoms with Crippen molar-refractivity contribution in [3.05, 3.63) is 35.1 Å². The van der Waals surface area contributed by atoms with Crippen LogP contribution in [0.3, 0.4) is 0 Å². The summed E-state index contributed by atoms with van der Waals surface area (Å²) in [6, 6.07) is 4.87. The molecule has 112 valence electrons. The van der Waals surface area contributed by atoms with Crippen LogP contribution in [0.25, 0.3) is 11.4 Å². The van der Waals surface area contributed by atoms with Gasteiger partial charge in [0.15, 0.2) is 5.82 Å². The third-order valence-corrected chi connectivity index (χ3v) is 2.57. The normalized spacial score (nSPS) is 11.8. The van der Waals surface area contributed by atoms with Gasteiger partial charge in [0.25, 0.3) is 0 Å². The smallest absolute Gasteiger partial charge is 0.417 e.